The Morgan fingerprint density at radius 3 is 2.61 bits per heavy atom. The van der Waals surface area contributed by atoms with Crippen molar-refractivity contribution in [1.29, 1.82) is 0 Å². The summed E-state index contributed by atoms with van der Waals surface area (Å²) in [5.74, 6) is -0.930. The third-order valence-corrected chi connectivity index (χ3v) is 3.10. The average Bonchev–Trinajstić information content (AvgIpc) is 2.63. The summed E-state index contributed by atoms with van der Waals surface area (Å²) in [6, 6.07) is -0.732. The van der Waals surface area contributed by atoms with E-state index in [4.69, 9.17) is 5.11 Å². The van der Waals surface area contributed by atoms with Gasteiger partial charge in [-0.1, -0.05) is 11.3 Å². The highest BCUT2D eigenvalue weighted by Gasteiger charge is 2.21. The Balaban J connectivity index is 2.64. The lowest BCUT2D eigenvalue weighted by molar-refractivity contribution is -0.137. The first-order valence-corrected chi connectivity index (χ1v) is 6.35. The smallest absolute Gasteiger partial charge is 0.323 e. The number of rotatable bonds is 5. The standard InChI is InChI=1S/C10H16N4O3S/c1-4-14(6(2)5-8(15)16)10(17)11-9-13-12-7(3)18-9/h6H,4-5H2,1-3H3,(H,15,16)(H,11,13,17). The lowest BCUT2D eigenvalue weighted by atomic mass is 10.2. The zero-order valence-corrected chi connectivity index (χ0v) is 11.3. The van der Waals surface area contributed by atoms with Gasteiger partial charge in [-0.2, -0.15) is 0 Å². The topological polar surface area (TPSA) is 95.4 Å². The van der Waals surface area contributed by atoms with Crippen LogP contribution in [-0.2, 0) is 4.79 Å². The van der Waals surface area contributed by atoms with Crippen LogP contribution in [0.2, 0.25) is 0 Å². The number of nitrogens with zero attached hydrogens (tertiary/aromatic N) is 3. The molecule has 1 atom stereocenters. The number of carboxylic acid groups (broad SMARTS) is 1. The molecule has 0 fully saturated rings. The van der Waals surface area contributed by atoms with E-state index in [1.165, 1.54) is 16.2 Å². The highest BCUT2D eigenvalue weighted by Crippen LogP contribution is 2.15. The molecule has 0 aliphatic rings. The second-order valence-electron chi connectivity index (χ2n) is 3.79. The molecule has 0 aromatic carbocycles. The molecule has 8 heteroatoms. The lowest BCUT2D eigenvalue weighted by Gasteiger charge is -2.26. The molecule has 18 heavy (non-hydrogen) atoms. The molecule has 1 rings (SSSR count). The number of aryl methyl sites for hydroxylation is 1. The molecule has 0 spiro atoms. The molecule has 1 heterocycles. The van der Waals surface area contributed by atoms with Crippen molar-refractivity contribution in [2.75, 3.05) is 11.9 Å². The Labute approximate surface area is 109 Å². The van der Waals surface area contributed by atoms with Crippen LogP contribution in [0.1, 0.15) is 25.3 Å². The van der Waals surface area contributed by atoms with Gasteiger partial charge in [0.1, 0.15) is 5.01 Å². The Morgan fingerprint density at radius 1 is 1.50 bits per heavy atom. The molecule has 0 radical (unpaired) electrons. The monoisotopic (exact) mass is 272 g/mol. The minimum Gasteiger partial charge on any atom is -0.481 e. The first kappa shape index (κ1) is 14.4. The fourth-order valence-electron chi connectivity index (χ4n) is 1.53. The lowest BCUT2D eigenvalue weighted by Crippen LogP contribution is -2.42. The molecule has 0 saturated heterocycles. The maximum absolute atomic E-state index is 11.9. The first-order valence-electron chi connectivity index (χ1n) is 5.53. The third kappa shape index (κ3) is 3.95. The predicted molar refractivity (Wildman–Crippen MR) is 67.8 cm³/mol. The van der Waals surface area contributed by atoms with E-state index < -0.39 is 5.97 Å². The number of nitrogens with one attached hydrogen (secondary N) is 1. The van der Waals surface area contributed by atoms with E-state index in [-0.39, 0.29) is 18.5 Å². The van der Waals surface area contributed by atoms with Crippen molar-refractivity contribution < 1.29 is 14.7 Å². The van der Waals surface area contributed by atoms with Crippen LogP contribution in [0.25, 0.3) is 0 Å². The molecule has 0 saturated carbocycles. The minimum absolute atomic E-state index is 0.0869. The van der Waals surface area contributed by atoms with Crippen LogP contribution < -0.4 is 5.32 Å². The highest BCUT2D eigenvalue weighted by molar-refractivity contribution is 7.15. The fraction of sp³-hybridized carbons (Fsp3) is 0.600. The molecular formula is C10H16N4O3S. The first-order chi connectivity index (χ1) is 8.43. The van der Waals surface area contributed by atoms with E-state index in [1.807, 2.05) is 0 Å². The zero-order valence-electron chi connectivity index (χ0n) is 10.5. The van der Waals surface area contributed by atoms with Crippen LogP contribution in [0.15, 0.2) is 0 Å². The zero-order chi connectivity index (χ0) is 13.7. The van der Waals surface area contributed by atoms with Gasteiger partial charge in [0.05, 0.1) is 6.42 Å². The van der Waals surface area contributed by atoms with E-state index in [9.17, 15) is 9.59 Å². The van der Waals surface area contributed by atoms with Crippen LogP contribution in [0.5, 0.6) is 0 Å². The summed E-state index contributed by atoms with van der Waals surface area (Å²) in [6.07, 6.45) is -0.0869. The molecule has 100 valence electrons. The third-order valence-electron chi connectivity index (χ3n) is 2.34. The SMILES string of the molecule is CCN(C(=O)Nc1nnc(C)s1)C(C)CC(=O)O. The van der Waals surface area contributed by atoms with Gasteiger partial charge >= 0.3 is 12.0 Å². The summed E-state index contributed by atoms with van der Waals surface area (Å²) in [5.41, 5.74) is 0. The summed E-state index contributed by atoms with van der Waals surface area (Å²) in [5, 5.41) is 20.1. The molecule has 2 N–H and O–H groups in total. The van der Waals surface area contributed by atoms with Crippen molar-refractivity contribution in [1.82, 2.24) is 15.1 Å². The Bertz CT molecular complexity index is 435. The maximum atomic E-state index is 11.9. The summed E-state index contributed by atoms with van der Waals surface area (Å²) in [4.78, 5) is 24.0. The van der Waals surface area contributed by atoms with Crippen molar-refractivity contribution in [3.05, 3.63) is 5.01 Å². The summed E-state index contributed by atoms with van der Waals surface area (Å²) in [7, 11) is 0. The van der Waals surface area contributed by atoms with Gasteiger partial charge < -0.3 is 10.0 Å². The Kier molecular flexibility index (Phi) is 5.02. The Hall–Kier alpha value is -1.70. The number of anilines is 1. The second kappa shape index (κ2) is 6.29. The van der Waals surface area contributed by atoms with Gasteiger partial charge in [-0.15, -0.1) is 10.2 Å². The average molecular weight is 272 g/mol. The van der Waals surface area contributed by atoms with Crippen molar-refractivity contribution >= 4 is 28.5 Å². The van der Waals surface area contributed by atoms with Crippen LogP contribution in [-0.4, -0.2) is 44.8 Å². The van der Waals surface area contributed by atoms with Crippen molar-refractivity contribution in [2.45, 2.75) is 33.2 Å². The minimum atomic E-state index is -0.930. The summed E-state index contributed by atoms with van der Waals surface area (Å²) in [6.45, 7) is 5.71. The normalized spacial score (nSPS) is 11.9. The van der Waals surface area contributed by atoms with E-state index >= 15 is 0 Å². The number of carbonyl (C=O) groups is 2. The van der Waals surface area contributed by atoms with Gasteiger partial charge in [0, 0.05) is 12.6 Å². The van der Waals surface area contributed by atoms with Gasteiger partial charge in [0.15, 0.2) is 0 Å². The number of aliphatic carboxylic acids is 1. The predicted octanol–water partition coefficient (Wildman–Crippen LogP) is 1.56. The number of amides is 2. The molecule has 7 nitrogen and oxygen atoms in total. The molecule has 1 aromatic rings. The van der Waals surface area contributed by atoms with Gasteiger partial charge in [0.25, 0.3) is 0 Å². The molecule has 0 aliphatic carbocycles. The molecule has 2 amide bonds. The molecule has 1 unspecified atom stereocenters. The maximum Gasteiger partial charge on any atom is 0.323 e. The van der Waals surface area contributed by atoms with Crippen LogP contribution in [0, 0.1) is 6.92 Å². The van der Waals surface area contributed by atoms with E-state index in [2.05, 4.69) is 15.5 Å². The highest BCUT2D eigenvalue weighted by atomic mass is 32.1. The van der Waals surface area contributed by atoms with Crippen molar-refractivity contribution in [2.24, 2.45) is 0 Å². The van der Waals surface area contributed by atoms with Crippen LogP contribution >= 0.6 is 11.3 Å². The number of aromatic nitrogens is 2. The number of carbonyl (C=O) groups excluding carboxylic acids is 1. The van der Waals surface area contributed by atoms with Crippen molar-refractivity contribution in [3.8, 4) is 0 Å². The second-order valence-corrected chi connectivity index (χ2v) is 4.97. The van der Waals surface area contributed by atoms with E-state index in [1.54, 1.807) is 20.8 Å². The molecule has 0 aliphatic heterocycles. The van der Waals surface area contributed by atoms with Crippen molar-refractivity contribution in [3.63, 3.8) is 0 Å². The van der Waals surface area contributed by atoms with E-state index in [0.717, 1.165) is 5.01 Å². The number of hydrogen-bond acceptors (Lipinski definition) is 5. The quantitative estimate of drug-likeness (QED) is 0.848. The Morgan fingerprint density at radius 2 is 2.17 bits per heavy atom. The van der Waals surface area contributed by atoms with Crippen LogP contribution in [0.4, 0.5) is 9.93 Å². The van der Waals surface area contributed by atoms with Crippen LogP contribution in [0.3, 0.4) is 0 Å². The molecule has 1 aromatic heterocycles. The molecular weight excluding hydrogens is 256 g/mol. The fourth-order valence-corrected chi connectivity index (χ4v) is 2.11. The molecule has 0 bridgehead atoms. The number of carboxylic acids is 1. The number of urea groups is 1. The van der Waals surface area contributed by atoms with Gasteiger partial charge in [0.2, 0.25) is 5.13 Å². The van der Waals surface area contributed by atoms with Gasteiger partial charge in [-0.05, 0) is 20.8 Å². The van der Waals surface area contributed by atoms with Gasteiger partial charge in [-0.3, -0.25) is 10.1 Å². The number of hydrogen-bond donors (Lipinski definition) is 2. The van der Waals surface area contributed by atoms with E-state index in [0.29, 0.717) is 11.7 Å². The summed E-state index contributed by atoms with van der Waals surface area (Å²) < 4.78 is 0. The largest absolute Gasteiger partial charge is 0.481 e. The summed E-state index contributed by atoms with van der Waals surface area (Å²) >= 11 is 1.27. The van der Waals surface area contributed by atoms with Gasteiger partial charge in [-0.25, -0.2) is 4.79 Å².